The summed E-state index contributed by atoms with van der Waals surface area (Å²) in [4.78, 5) is 1.99. The molecule has 102 valence electrons. The van der Waals surface area contributed by atoms with Gasteiger partial charge in [0.05, 0.1) is 13.2 Å². The van der Waals surface area contributed by atoms with Gasteiger partial charge < -0.3 is 21.2 Å². The van der Waals surface area contributed by atoms with Crippen LogP contribution in [0.4, 0.5) is 0 Å². The van der Waals surface area contributed by atoms with Gasteiger partial charge in [0.2, 0.25) is 0 Å². The molecule has 6 heteroatoms. The van der Waals surface area contributed by atoms with E-state index in [4.69, 9.17) is 21.2 Å². The first-order valence-corrected chi connectivity index (χ1v) is 5.90. The lowest BCUT2D eigenvalue weighted by atomic mass is 9.86. The first kappa shape index (κ1) is 16.1. The average Bonchev–Trinajstić information content (AvgIpc) is 2.28. The van der Waals surface area contributed by atoms with E-state index in [0.717, 1.165) is 19.4 Å². The van der Waals surface area contributed by atoms with Gasteiger partial charge in [-0.3, -0.25) is 4.90 Å². The van der Waals surface area contributed by atoms with E-state index in [1.54, 1.807) is 0 Å². The molecule has 0 fully saturated rings. The molecule has 0 spiro atoms. The van der Waals surface area contributed by atoms with Gasteiger partial charge in [-0.2, -0.15) is 0 Å². The van der Waals surface area contributed by atoms with Crippen molar-refractivity contribution in [3.05, 3.63) is 0 Å². The average molecular weight is 247 g/mol. The number of hydrogen-bond donors (Lipinski definition) is 4. The summed E-state index contributed by atoms with van der Waals surface area (Å²) in [5.41, 5.74) is 5.26. The van der Waals surface area contributed by atoms with Gasteiger partial charge in [-0.15, -0.1) is 0 Å². The molecular weight excluding hydrogens is 222 g/mol. The maximum Gasteiger partial charge on any atom is 0.144 e. The van der Waals surface area contributed by atoms with Crippen LogP contribution in [0.15, 0.2) is 5.16 Å². The standard InChI is InChI=1S/C11H25N3O3/c1-11(2,10(12)13-17)4-3-5-14(6-8-15)7-9-16/h15-17H,3-9H2,1-2H3,(H2,12,13). The van der Waals surface area contributed by atoms with Crippen LogP contribution < -0.4 is 5.73 Å². The SMILES string of the molecule is CC(C)(CCCN(CCO)CCO)C(N)=NO. The summed E-state index contributed by atoms with van der Waals surface area (Å²) >= 11 is 0. The summed E-state index contributed by atoms with van der Waals surface area (Å²) in [6.45, 7) is 5.92. The Hall–Kier alpha value is -0.850. The van der Waals surface area contributed by atoms with Crippen LogP contribution in [0.1, 0.15) is 26.7 Å². The summed E-state index contributed by atoms with van der Waals surface area (Å²) in [5, 5.41) is 29.4. The van der Waals surface area contributed by atoms with Crippen molar-refractivity contribution in [2.45, 2.75) is 26.7 Å². The molecule has 0 bridgehead atoms. The van der Waals surface area contributed by atoms with Crippen molar-refractivity contribution in [3.8, 4) is 0 Å². The number of amidine groups is 1. The van der Waals surface area contributed by atoms with Gasteiger partial charge >= 0.3 is 0 Å². The Bertz CT molecular complexity index is 226. The minimum atomic E-state index is -0.334. The van der Waals surface area contributed by atoms with Crippen molar-refractivity contribution in [2.24, 2.45) is 16.3 Å². The van der Waals surface area contributed by atoms with E-state index in [2.05, 4.69) is 5.16 Å². The van der Waals surface area contributed by atoms with Crippen LogP contribution in [-0.4, -0.2) is 59.0 Å². The minimum Gasteiger partial charge on any atom is -0.409 e. The number of nitrogens with zero attached hydrogens (tertiary/aromatic N) is 2. The monoisotopic (exact) mass is 247 g/mol. The zero-order valence-corrected chi connectivity index (χ0v) is 10.8. The molecule has 0 heterocycles. The number of aliphatic hydroxyl groups excluding tert-OH is 2. The van der Waals surface area contributed by atoms with Gasteiger partial charge in [0.15, 0.2) is 0 Å². The fourth-order valence-electron chi connectivity index (χ4n) is 1.63. The maximum absolute atomic E-state index is 8.85. The van der Waals surface area contributed by atoms with Crippen molar-refractivity contribution in [3.63, 3.8) is 0 Å². The molecule has 17 heavy (non-hydrogen) atoms. The largest absolute Gasteiger partial charge is 0.409 e. The molecule has 0 atom stereocenters. The van der Waals surface area contributed by atoms with E-state index >= 15 is 0 Å². The smallest absolute Gasteiger partial charge is 0.144 e. The molecule has 0 aromatic carbocycles. The molecule has 0 aliphatic rings. The summed E-state index contributed by atoms with van der Waals surface area (Å²) in [5.74, 6) is 0.230. The van der Waals surface area contributed by atoms with Crippen molar-refractivity contribution in [1.29, 1.82) is 0 Å². The van der Waals surface area contributed by atoms with Gasteiger partial charge in [-0.05, 0) is 19.4 Å². The molecule has 0 radical (unpaired) electrons. The Morgan fingerprint density at radius 1 is 1.18 bits per heavy atom. The first-order valence-electron chi connectivity index (χ1n) is 5.90. The molecule has 5 N–H and O–H groups in total. The van der Waals surface area contributed by atoms with Gasteiger partial charge in [-0.25, -0.2) is 0 Å². The van der Waals surface area contributed by atoms with Crippen molar-refractivity contribution in [1.82, 2.24) is 4.90 Å². The number of rotatable bonds is 9. The number of oxime groups is 1. The Labute approximate surface area is 103 Å². The van der Waals surface area contributed by atoms with Gasteiger partial charge in [0, 0.05) is 18.5 Å². The van der Waals surface area contributed by atoms with Crippen molar-refractivity contribution >= 4 is 5.84 Å². The molecule has 0 rings (SSSR count). The van der Waals surface area contributed by atoms with Crippen molar-refractivity contribution in [2.75, 3.05) is 32.8 Å². The molecule has 0 aromatic heterocycles. The fourth-order valence-corrected chi connectivity index (χ4v) is 1.63. The molecular formula is C11H25N3O3. The summed E-state index contributed by atoms with van der Waals surface area (Å²) in [6.07, 6.45) is 1.65. The lowest BCUT2D eigenvalue weighted by Crippen LogP contribution is -2.34. The molecule has 0 saturated heterocycles. The van der Waals surface area contributed by atoms with Crippen LogP contribution in [0.2, 0.25) is 0 Å². The highest BCUT2D eigenvalue weighted by molar-refractivity contribution is 5.85. The number of nitrogens with two attached hydrogens (primary N) is 1. The summed E-state index contributed by atoms with van der Waals surface area (Å²) in [7, 11) is 0. The fraction of sp³-hybridized carbons (Fsp3) is 0.909. The topological polar surface area (TPSA) is 102 Å². The van der Waals surface area contributed by atoms with E-state index in [9.17, 15) is 0 Å². The van der Waals surface area contributed by atoms with E-state index in [1.165, 1.54) is 0 Å². The predicted octanol–water partition coefficient (Wildman–Crippen LogP) is -0.174. The summed E-state index contributed by atoms with van der Waals surface area (Å²) < 4.78 is 0. The Morgan fingerprint density at radius 3 is 2.12 bits per heavy atom. The second kappa shape index (κ2) is 8.27. The molecule has 0 amide bonds. The number of aliphatic hydroxyl groups is 2. The second-order valence-electron chi connectivity index (χ2n) is 4.76. The molecule has 0 unspecified atom stereocenters. The van der Waals surface area contributed by atoms with Crippen LogP contribution >= 0.6 is 0 Å². The lowest BCUT2D eigenvalue weighted by Gasteiger charge is -2.25. The van der Waals surface area contributed by atoms with Gasteiger partial charge in [-0.1, -0.05) is 19.0 Å². The lowest BCUT2D eigenvalue weighted by molar-refractivity contribution is 0.156. The maximum atomic E-state index is 8.85. The van der Waals surface area contributed by atoms with E-state index in [0.29, 0.717) is 13.1 Å². The van der Waals surface area contributed by atoms with Crippen LogP contribution in [-0.2, 0) is 0 Å². The Balaban J connectivity index is 4.02. The highest BCUT2D eigenvalue weighted by Gasteiger charge is 2.23. The van der Waals surface area contributed by atoms with E-state index in [1.807, 2.05) is 18.7 Å². The molecule has 0 aliphatic heterocycles. The third kappa shape index (κ3) is 6.45. The molecule has 0 saturated carbocycles. The third-order valence-corrected chi connectivity index (χ3v) is 2.91. The van der Waals surface area contributed by atoms with Gasteiger partial charge in [0.1, 0.15) is 5.84 Å². The molecule has 0 aliphatic carbocycles. The van der Waals surface area contributed by atoms with Crippen LogP contribution in [0.3, 0.4) is 0 Å². The van der Waals surface area contributed by atoms with E-state index < -0.39 is 0 Å². The zero-order chi connectivity index (χ0) is 13.3. The minimum absolute atomic E-state index is 0.0869. The highest BCUT2D eigenvalue weighted by atomic mass is 16.4. The third-order valence-electron chi connectivity index (χ3n) is 2.91. The van der Waals surface area contributed by atoms with Crippen LogP contribution in [0, 0.1) is 5.41 Å². The second-order valence-corrected chi connectivity index (χ2v) is 4.76. The first-order chi connectivity index (χ1) is 7.97. The highest BCUT2D eigenvalue weighted by Crippen LogP contribution is 2.22. The predicted molar refractivity (Wildman–Crippen MR) is 67.0 cm³/mol. The van der Waals surface area contributed by atoms with Crippen LogP contribution in [0.5, 0.6) is 0 Å². The quantitative estimate of drug-likeness (QED) is 0.196. The zero-order valence-electron chi connectivity index (χ0n) is 10.8. The number of hydrogen-bond acceptors (Lipinski definition) is 5. The van der Waals surface area contributed by atoms with Gasteiger partial charge in [0.25, 0.3) is 0 Å². The summed E-state index contributed by atoms with van der Waals surface area (Å²) in [6, 6.07) is 0. The van der Waals surface area contributed by atoms with Crippen molar-refractivity contribution < 1.29 is 15.4 Å². The van der Waals surface area contributed by atoms with E-state index in [-0.39, 0.29) is 24.5 Å². The Kier molecular flexibility index (Phi) is 7.86. The van der Waals surface area contributed by atoms with Crippen LogP contribution in [0.25, 0.3) is 0 Å². The molecule has 0 aromatic rings. The normalized spacial score (nSPS) is 13.4. The Morgan fingerprint density at radius 2 is 1.71 bits per heavy atom. The molecule has 6 nitrogen and oxygen atoms in total.